The highest BCUT2D eigenvalue weighted by atomic mass is 35.5. The van der Waals surface area contributed by atoms with E-state index < -0.39 is 0 Å². The highest BCUT2D eigenvalue weighted by molar-refractivity contribution is 5.86. The van der Waals surface area contributed by atoms with Crippen molar-refractivity contribution in [3.63, 3.8) is 0 Å². The Hall–Kier alpha value is -1.29. The second kappa shape index (κ2) is 11.3. The molecule has 1 fully saturated rings. The Morgan fingerprint density at radius 3 is 2.58 bits per heavy atom. The molecule has 8 heteroatoms. The van der Waals surface area contributed by atoms with Gasteiger partial charge >= 0.3 is 0 Å². The third-order valence-corrected chi connectivity index (χ3v) is 3.95. The summed E-state index contributed by atoms with van der Waals surface area (Å²) in [7, 11) is 0. The first-order chi connectivity index (χ1) is 10.3. The zero-order valence-electron chi connectivity index (χ0n) is 13.1. The van der Waals surface area contributed by atoms with Crippen LogP contribution in [0.1, 0.15) is 16.8 Å². The summed E-state index contributed by atoms with van der Waals surface area (Å²) in [4.78, 5) is 9.77. The Labute approximate surface area is 161 Å². The number of aromatic nitrogens is 2. The van der Waals surface area contributed by atoms with Crippen LogP contribution >= 0.6 is 37.2 Å². The molecule has 24 heavy (non-hydrogen) atoms. The van der Waals surface area contributed by atoms with Crippen LogP contribution in [0.5, 0.6) is 0 Å². The summed E-state index contributed by atoms with van der Waals surface area (Å²) in [5.74, 6) is 0. The Morgan fingerprint density at radius 2 is 1.96 bits per heavy atom. The van der Waals surface area contributed by atoms with E-state index in [4.69, 9.17) is 5.26 Å². The predicted octanol–water partition coefficient (Wildman–Crippen LogP) is 2.56. The number of nitrogens with one attached hydrogen (secondary N) is 2. The van der Waals surface area contributed by atoms with E-state index in [1.807, 2.05) is 30.5 Å². The summed E-state index contributed by atoms with van der Waals surface area (Å²) < 4.78 is 0. The van der Waals surface area contributed by atoms with Gasteiger partial charge in [-0.2, -0.15) is 5.26 Å². The predicted molar refractivity (Wildman–Crippen MR) is 102 cm³/mol. The molecule has 2 N–H and O–H groups in total. The van der Waals surface area contributed by atoms with Gasteiger partial charge in [0.2, 0.25) is 0 Å². The summed E-state index contributed by atoms with van der Waals surface area (Å²) in [5, 5.41) is 12.3. The van der Waals surface area contributed by atoms with Crippen LogP contribution < -0.4 is 5.32 Å². The zero-order chi connectivity index (χ0) is 14.5. The van der Waals surface area contributed by atoms with Gasteiger partial charge in [0.25, 0.3) is 0 Å². The van der Waals surface area contributed by atoms with E-state index in [-0.39, 0.29) is 37.2 Å². The number of imidazole rings is 1. The van der Waals surface area contributed by atoms with Crippen molar-refractivity contribution >= 4 is 37.2 Å². The molecule has 3 rings (SSSR count). The van der Waals surface area contributed by atoms with Gasteiger partial charge in [-0.05, 0) is 17.7 Å². The standard InChI is InChI=1S/C16H19N5.3ClH/c17-8-13-1-3-14(4-2-13)11-21-6-5-18-10-16(21)7-15-9-19-12-20-15;;;/h1-4,9,12,16,18H,5-7,10-11H2,(H,19,20);3*1H. The highest BCUT2D eigenvalue weighted by Gasteiger charge is 2.22. The molecule has 0 saturated carbocycles. The molecule has 2 aromatic rings. The number of hydrogen-bond acceptors (Lipinski definition) is 4. The lowest BCUT2D eigenvalue weighted by Crippen LogP contribution is -2.51. The molecule has 0 amide bonds. The Bertz CT molecular complexity index is 610. The van der Waals surface area contributed by atoms with E-state index in [0.29, 0.717) is 11.6 Å². The van der Waals surface area contributed by atoms with E-state index in [0.717, 1.165) is 32.6 Å². The van der Waals surface area contributed by atoms with Crippen molar-refractivity contribution in [2.75, 3.05) is 19.6 Å². The molecule has 132 valence electrons. The van der Waals surface area contributed by atoms with Crippen molar-refractivity contribution in [2.24, 2.45) is 0 Å². The van der Waals surface area contributed by atoms with Crippen LogP contribution in [0.4, 0.5) is 0 Å². The lowest BCUT2D eigenvalue weighted by molar-refractivity contribution is 0.151. The molecule has 1 aliphatic rings. The van der Waals surface area contributed by atoms with E-state index in [1.54, 1.807) is 6.33 Å². The second-order valence-electron chi connectivity index (χ2n) is 5.42. The number of aromatic amines is 1. The summed E-state index contributed by atoms with van der Waals surface area (Å²) in [6, 6.07) is 10.5. The van der Waals surface area contributed by atoms with Gasteiger partial charge in [0.1, 0.15) is 0 Å². The fourth-order valence-electron chi connectivity index (χ4n) is 2.78. The summed E-state index contributed by atoms with van der Waals surface area (Å²) in [6.45, 7) is 3.98. The second-order valence-corrected chi connectivity index (χ2v) is 5.42. The number of nitriles is 1. The minimum atomic E-state index is 0. The topological polar surface area (TPSA) is 67.7 Å². The molecule has 1 saturated heterocycles. The van der Waals surface area contributed by atoms with Crippen LogP contribution in [0.25, 0.3) is 0 Å². The fourth-order valence-corrected chi connectivity index (χ4v) is 2.78. The summed E-state index contributed by atoms with van der Waals surface area (Å²) >= 11 is 0. The van der Waals surface area contributed by atoms with Gasteiger partial charge in [-0.3, -0.25) is 4.90 Å². The Balaban J connectivity index is 0.00000176. The fraction of sp³-hybridized carbons (Fsp3) is 0.375. The SMILES string of the molecule is Cl.Cl.Cl.N#Cc1ccc(CN2CCNCC2Cc2cnc[nH]2)cc1. The molecule has 1 unspecified atom stereocenters. The third kappa shape index (κ3) is 5.97. The average Bonchev–Trinajstić information content (AvgIpc) is 3.03. The van der Waals surface area contributed by atoms with Crippen molar-refractivity contribution in [2.45, 2.75) is 19.0 Å². The average molecular weight is 391 g/mol. The molecule has 0 bridgehead atoms. The number of H-pyrrole nitrogens is 1. The van der Waals surface area contributed by atoms with Gasteiger partial charge in [0, 0.05) is 50.5 Å². The number of halogens is 3. The number of benzene rings is 1. The maximum absolute atomic E-state index is 8.86. The Morgan fingerprint density at radius 1 is 1.21 bits per heavy atom. The first-order valence-electron chi connectivity index (χ1n) is 7.26. The van der Waals surface area contributed by atoms with Gasteiger partial charge in [0.05, 0.1) is 18.0 Å². The van der Waals surface area contributed by atoms with Crippen molar-refractivity contribution in [3.8, 4) is 6.07 Å². The molecule has 5 nitrogen and oxygen atoms in total. The molecule has 0 radical (unpaired) electrons. The first kappa shape index (κ1) is 22.7. The summed E-state index contributed by atoms with van der Waals surface area (Å²) in [5.41, 5.74) is 3.15. The van der Waals surface area contributed by atoms with Crippen molar-refractivity contribution in [1.29, 1.82) is 5.26 Å². The first-order valence-corrected chi connectivity index (χ1v) is 7.26. The monoisotopic (exact) mass is 389 g/mol. The smallest absolute Gasteiger partial charge is 0.0991 e. The molecule has 2 heterocycles. The normalized spacial score (nSPS) is 16.9. The minimum Gasteiger partial charge on any atom is -0.348 e. The van der Waals surface area contributed by atoms with Crippen LogP contribution in [0.3, 0.4) is 0 Å². The third-order valence-electron chi connectivity index (χ3n) is 3.95. The Kier molecular flexibility index (Phi) is 10.7. The number of piperazine rings is 1. The van der Waals surface area contributed by atoms with Gasteiger partial charge in [-0.15, -0.1) is 37.2 Å². The molecule has 0 aliphatic carbocycles. The van der Waals surface area contributed by atoms with Gasteiger partial charge in [-0.25, -0.2) is 4.98 Å². The van der Waals surface area contributed by atoms with Gasteiger partial charge in [0.15, 0.2) is 0 Å². The molecular formula is C16H22Cl3N5. The molecule has 0 spiro atoms. The lowest BCUT2D eigenvalue weighted by atomic mass is 10.1. The van der Waals surface area contributed by atoms with E-state index >= 15 is 0 Å². The van der Waals surface area contributed by atoms with Gasteiger partial charge in [-0.1, -0.05) is 12.1 Å². The number of hydrogen-bond donors (Lipinski definition) is 2. The largest absolute Gasteiger partial charge is 0.348 e. The maximum atomic E-state index is 8.86. The lowest BCUT2D eigenvalue weighted by Gasteiger charge is -2.36. The summed E-state index contributed by atoms with van der Waals surface area (Å²) in [6.07, 6.45) is 4.61. The van der Waals surface area contributed by atoms with Crippen LogP contribution in [0, 0.1) is 11.3 Å². The number of nitrogens with zero attached hydrogens (tertiary/aromatic N) is 3. The van der Waals surface area contributed by atoms with E-state index in [9.17, 15) is 0 Å². The van der Waals surface area contributed by atoms with Crippen LogP contribution in [-0.4, -0.2) is 40.5 Å². The van der Waals surface area contributed by atoms with Crippen LogP contribution in [-0.2, 0) is 13.0 Å². The van der Waals surface area contributed by atoms with Crippen molar-refractivity contribution < 1.29 is 0 Å². The van der Waals surface area contributed by atoms with Crippen LogP contribution in [0.2, 0.25) is 0 Å². The quantitative estimate of drug-likeness (QED) is 0.842. The molecule has 1 aliphatic heterocycles. The molecule has 1 atom stereocenters. The van der Waals surface area contributed by atoms with Crippen molar-refractivity contribution in [1.82, 2.24) is 20.2 Å². The highest BCUT2D eigenvalue weighted by Crippen LogP contribution is 2.14. The van der Waals surface area contributed by atoms with Crippen LogP contribution in [0.15, 0.2) is 36.8 Å². The van der Waals surface area contributed by atoms with Crippen molar-refractivity contribution in [3.05, 3.63) is 53.6 Å². The van der Waals surface area contributed by atoms with Gasteiger partial charge < -0.3 is 10.3 Å². The zero-order valence-corrected chi connectivity index (χ0v) is 15.6. The van der Waals surface area contributed by atoms with E-state index in [2.05, 4.69) is 26.3 Å². The minimum absolute atomic E-state index is 0. The maximum Gasteiger partial charge on any atom is 0.0991 e. The molecule has 1 aromatic heterocycles. The number of rotatable bonds is 4. The molecular weight excluding hydrogens is 369 g/mol. The molecule has 1 aromatic carbocycles. The van der Waals surface area contributed by atoms with E-state index in [1.165, 1.54) is 11.3 Å².